The predicted octanol–water partition coefficient (Wildman–Crippen LogP) is 12.6. The molecule has 0 amide bonds. The summed E-state index contributed by atoms with van der Waals surface area (Å²) in [5, 5.41) is 10.4. The van der Waals surface area contributed by atoms with Gasteiger partial charge in [-0.15, -0.1) is 0 Å². The second-order valence-corrected chi connectivity index (χ2v) is 20.3. The molecule has 12 rings (SSSR count). The van der Waals surface area contributed by atoms with Crippen molar-refractivity contribution in [2.75, 3.05) is 0 Å². The van der Waals surface area contributed by atoms with Crippen molar-refractivity contribution in [3.63, 3.8) is 0 Å². The number of hydrogen-bond acceptors (Lipinski definition) is 0. The molecule has 0 bridgehead atoms. The number of hydrogen-bond donors (Lipinski definition) is 0. The van der Waals surface area contributed by atoms with Gasteiger partial charge in [-0.3, -0.25) is 0 Å². The molecular weight excluding hydrogens is 777 g/mol. The van der Waals surface area contributed by atoms with Gasteiger partial charge in [0.1, 0.15) is 0 Å². The maximum atomic E-state index is 2.51. The van der Waals surface area contributed by atoms with E-state index in [1.165, 1.54) is 86.6 Å². The standard InChI is InChI=1S/C60H42N2Si/c1-5-20-43(21-6-1)45-24-17-30-50(40-45)63(48-26-9-3-10-27-48,49-28-11-4-12-29-49)51-31-18-25-46(41-51)62-58-39-38-47(61-56-35-15-13-32-53(56)54-33-14-16-36-57(54)61)42-55(58)60-52(34-19-37-59(60)62)44-22-7-2-8-23-44/h1-42H. The lowest BCUT2D eigenvalue weighted by Crippen LogP contribution is -2.74. The zero-order valence-corrected chi connectivity index (χ0v) is 35.6. The molecule has 2 aromatic heterocycles. The average molecular weight is 819 g/mol. The molecule has 0 atom stereocenters. The smallest absolute Gasteiger partial charge is 0.179 e. The summed E-state index contributed by atoms with van der Waals surface area (Å²) >= 11 is 0. The van der Waals surface area contributed by atoms with E-state index in [1.54, 1.807) is 0 Å². The molecule has 12 aromatic rings. The third kappa shape index (κ3) is 5.93. The summed E-state index contributed by atoms with van der Waals surface area (Å²) in [5.41, 5.74) is 11.9. The van der Waals surface area contributed by atoms with Gasteiger partial charge in [-0.25, -0.2) is 0 Å². The molecule has 0 saturated heterocycles. The number of para-hydroxylation sites is 2. The van der Waals surface area contributed by atoms with Gasteiger partial charge in [0.2, 0.25) is 0 Å². The van der Waals surface area contributed by atoms with Gasteiger partial charge in [0.05, 0.1) is 22.1 Å². The lowest BCUT2D eigenvalue weighted by molar-refractivity contribution is 1.17. The van der Waals surface area contributed by atoms with Crippen LogP contribution in [0.4, 0.5) is 0 Å². The van der Waals surface area contributed by atoms with E-state index in [1.807, 2.05) is 0 Å². The molecule has 0 unspecified atom stereocenters. The fourth-order valence-electron chi connectivity index (χ4n) is 10.4. The molecule has 0 aliphatic carbocycles. The van der Waals surface area contributed by atoms with Gasteiger partial charge < -0.3 is 9.13 Å². The van der Waals surface area contributed by atoms with Crippen LogP contribution in [0, 0.1) is 0 Å². The SMILES string of the molecule is c1ccc(-c2cccc([Si](c3ccccc3)(c3ccccc3)c3cccc(-n4c5ccc(-n6c7ccccc7c7ccccc76)cc5c5c(-c6ccccc6)cccc54)c3)c2)cc1. The molecule has 2 heterocycles. The molecule has 0 N–H and O–H groups in total. The Bertz CT molecular complexity index is 3510. The second kappa shape index (κ2) is 15.2. The van der Waals surface area contributed by atoms with Crippen molar-refractivity contribution >= 4 is 72.4 Å². The van der Waals surface area contributed by atoms with Crippen molar-refractivity contribution in [2.24, 2.45) is 0 Å². The zero-order valence-electron chi connectivity index (χ0n) is 34.6. The highest BCUT2D eigenvalue weighted by molar-refractivity contribution is 7.20. The van der Waals surface area contributed by atoms with E-state index in [2.05, 4.69) is 264 Å². The van der Waals surface area contributed by atoms with Crippen LogP contribution in [-0.4, -0.2) is 17.2 Å². The van der Waals surface area contributed by atoms with E-state index in [0.717, 1.165) is 11.4 Å². The predicted molar refractivity (Wildman–Crippen MR) is 270 cm³/mol. The Morgan fingerprint density at radius 2 is 0.698 bits per heavy atom. The number of nitrogens with zero attached hydrogens (tertiary/aromatic N) is 2. The van der Waals surface area contributed by atoms with E-state index in [4.69, 9.17) is 0 Å². The Kier molecular flexibility index (Phi) is 8.87. The van der Waals surface area contributed by atoms with Gasteiger partial charge in [-0.2, -0.15) is 0 Å². The highest BCUT2D eigenvalue weighted by Crippen LogP contribution is 2.41. The first-order chi connectivity index (χ1) is 31.3. The van der Waals surface area contributed by atoms with Crippen LogP contribution in [0.2, 0.25) is 0 Å². The van der Waals surface area contributed by atoms with Gasteiger partial charge >= 0.3 is 0 Å². The summed E-state index contributed by atoms with van der Waals surface area (Å²) in [4.78, 5) is 0. The van der Waals surface area contributed by atoms with Crippen LogP contribution in [0.15, 0.2) is 255 Å². The van der Waals surface area contributed by atoms with Gasteiger partial charge in [0, 0.05) is 32.9 Å². The normalized spacial score (nSPS) is 11.8. The third-order valence-corrected chi connectivity index (χ3v) is 17.8. The summed E-state index contributed by atoms with van der Waals surface area (Å²) < 4.78 is 4.94. The van der Waals surface area contributed by atoms with E-state index in [-0.39, 0.29) is 0 Å². The Labute approximate surface area is 368 Å². The molecule has 0 aliphatic heterocycles. The highest BCUT2D eigenvalue weighted by Gasteiger charge is 2.42. The number of rotatable bonds is 8. The van der Waals surface area contributed by atoms with E-state index in [0.29, 0.717) is 0 Å². The van der Waals surface area contributed by atoms with E-state index < -0.39 is 8.07 Å². The molecule has 10 aromatic carbocycles. The Balaban J connectivity index is 1.15. The summed E-state index contributed by atoms with van der Waals surface area (Å²) in [5.74, 6) is 0. The number of aromatic nitrogens is 2. The summed E-state index contributed by atoms with van der Waals surface area (Å²) in [6.45, 7) is 0. The molecule has 63 heavy (non-hydrogen) atoms. The van der Waals surface area contributed by atoms with Gasteiger partial charge in [-0.1, -0.05) is 206 Å². The van der Waals surface area contributed by atoms with Crippen molar-refractivity contribution in [1.82, 2.24) is 9.13 Å². The summed E-state index contributed by atoms with van der Waals surface area (Å²) in [6.07, 6.45) is 0. The highest BCUT2D eigenvalue weighted by atomic mass is 28.3. The van der Waals surface area contributed by atoms with Gasteiger partial charge in [-0.05, 0) is 91.5 Å². The minimum Gasteiger partial charge on any atom is -0.309 e. The molecule has 0 fully saturated rings. The van der Waals surface area contributed by atoms with Crippen LogP contribution in [0.3, 0.4) is 0 Å². The lowest BCUT2D eigenvalue weighted by Gasteiger charge is -2.35. The van der Waals surface area contributed by atoms with Crippen LogP contribution < -0.4 is 20.7 Å². The zero-order chi connectivity index (χ0) is 41.7. The molecule has 0 spiro atoms. The van der Waals surface area contributed by atoms with Crippen LogP contribution in [-0.2, 0) is 0 Å². The maximum absolute atomic E-state index is 2.92. The van der Waals surface area contributed by atoms with Crippen molar-refractivity contribution in [2.45, 2.75) is 0 Å². The Hall–Kier alpha value is -7.98. The third-order valence-electron chi connectivity index (χ3n) is 13.1. The molecule has 0 aliphatic rings. The Morgan fingerprint density at radius 1 is 0.254 bits per heavy atom. The minimum atomic E-state index is -2.92. The molecule has 296 valence electrons. The average Bonchev–Trinajstić information content (AvgIpc) is 3.88. The topological polar surface area (TPSA) is 9.86 Å². The quantitative estimate of drug-likeness (QED) is 0.107. The lowest BCUT2D eigenvalue weighted by atomic mass is 9.99. The molecule has 2 nitrogen and oxygen atoms in total. The first-order valence-corrected chi connectivity index (χ1v) is 23.8. The number of fused-ring (bicyclic) bond motifs is 6. The van der Waals surface area contributed by atoms with Crippen LogP contribution in [0.25, 0.3) is 77.2 Å². The second-order valence-electron chi connectivity index (χ2n) is 16.5. The summed E-state index contributed by atoms with van der Waals surface area (Å²) in [6, 6.07) is 94.4. The fourth-order valence-corrected chi connectivity index (χ4v) is 15.2. The van der Waals surface area contributed by atoms with Crippen molar-refractivity contribution in [3.05, 3.63) is 255 Å². The van der Waals surface area contributed by atoms with Crippen molar-refractivity contribution in [3.8, 4) is 33.6 Å². The largest absolute Gasteiger partial charge is 0.309 e. The van der Waals surface area contributed by atoms with Crippen LogP contribution in [0.5, 0.6) is 0 Å². The first kappa shape index (κ1) is 36.8. The maximum Gasteiger partial charge on any atom is 0.179 e. The fraction of sp³-hybridized carbons (Fsp3) is 0. The van der Waals surface area contributed by atoms with Crippen LogP contribution in [0.1, 0.15) is 0 Å². The molecule has 0 saturated carbocycles. The molecular formula is C60H42N2Si. The van der Waals surface area contributed by atoms with E-state index >= 15 is 0 Å². The molecule has 0 radical (unpaired) electrons. The Morgan fingerprint density at radius 3 is 1.35 bits per heavy atom. The number of benzene rings is 10. The van der Waals surface area contributed by atoms with Crippen molar-refractivity contribution in [1.29, 1.82) is 0 Å². The van der Waals surface area contributed by atoms with E-state index in [9.17, 15) is 0 Å². The van der Waals surface area contributed by atoms with Gasteiger partial charge in [0.25, 0.3) is 0 Å². The molecule has 3 heteroatoms. The monoisotopic (exact) mass is 818 g/mol. The summed E-state index contributed by atoms with van der Waals surface area (Å²) in [7, 11) is -2.92. The minimum absolute atomic E-state index is 1.14. The van der Waals surface area contributed by atoms with Gasteiger partial charge in [0.15, 0.2) is 8.07 Å². The van der Waals surface area contributed by atoms with Crippen molar-refractivity contribution < 1.29 is 0 Å². The first-order valence-electron chi connectivity index (χ1n) is 21.8. The van der Waals surface area contributed by atoms with Crippen LogP contribution >= 0.6 is 0 Å².